The molecule has 2 saturated heterocycles. The molecule has 1 N–H and O–H groups in total. The second-order valence-corrected chi connectivity index (χ2v) is 13.7. The number of fused-ring (bicyclic) bond motifs is 2. The van der Waals surface area contributed by atoms with Crippen molar-refractivity contribution in [1.82, 2.24) is 14.0 Å². The van der Waals surface area contributed by atoms with Crippen LogP contribution >= 0.6 is 11.3 Å². The van der Waals surface area contributed by atoms with E-state index >= 15 is 0 Å². The maximum atomic E-state index is 14.0. The molecule has 4 heterocycles. The van der Waals surface area contributed by atoms with Gasteiger partial charge in [0.25, 0.3) is 5.91 Å². The zero-order valence-corrected chi connectivity index (χ0v) is 25.6. The van der Waals surface area contributed by atoms with Gasteiger partial charge in [-0.2, -0.15) is 12.7 Å². The van der Waals surface area contributed by atoms with Crippen molar-refractivity contribution in [2.24, 2.45) is 5.92 Å². The normalized spacial score (nSPS) is 17.9. The number of rotatable bonds is 7. The number of carbonyl (C=O) groups is 1. The largest absolute Gasteiger partial charge is 0.490 e. The number of hydrogen-bond acceptors (Lipinski definition) is 8. The standard InChI is InChI=1S/C31H35N3O6S2/c1-19-8-9-26(40-21(3)22-10-14-38-15-11-22)28-24(31(35)33-42(36,37)34-12-16-39-17-13-34)18-25(32-29(19)28)30-20(2)23-6-4-5-7-27(23)41-30/h4-9,18,21-22H,10-17H2,1-3H3,(H,33,35)/t21-/m1/s1. The summed E-state index contributed by atoms with van der Waals surface area (Å²) in [6, 6.07) is 13.6. The van der Waals surface area contributed by atoms with Crippen molar-refractivity contribution in [3.63, 3.8) is 0 Å². The second-order valence-electron chi connectivity index (χ2n) is 10.9. The van der Waals surface area contributed by atoms with Gasteiger partial charge >= 0.3 is 10.2 Å². The maximum Gasteiger partial charge on any atom is 0.304 e. The predicted molar refractivity (Wildman–Crippen MR) is 164 cm³/mol. The lowest BCUT2D eigenvalue weighted by atomic mass is 9.94. The molecule has 1 amide bonds. The molecule has 9 nitrogen and oxygen atoms in total. The number of morpholine rings is 1. The van der Waals surface area contributed by atoms with Crippen molar-refractivity contribution in [3.05, 3.63) is 59.2 Å². The number of aromatic nitrogens is 1. The molecule has 0 unspecified atom stereocenters. The Kier molecular flexibility index (Phi) is 8.21. The number of benzene rings is 2. The number of nitrogens with one attached hydrogen (secondary N) is 1. The SMILES string of the molecule is Cc1c(-c2cc(C(=O)NS(=O)(=O)N3CCOCC3)c3c(O[C@H](C)C4CCOCC4)ccc(C)c3n2)sc2ccccc12. The van der Waals surface area contributed by atoms with Gasteiger partial charge in [0.05, 0.1) is 46.4 Å². The van der Waals surface area contributed by atoms with E-state index in [9.17, 15) is 13.2 Å². The second kappa shape index (κ2) is 11.9. The lowest BCUT2D eigenvalue weighted by Gasteiger charge is -2.29. The van der Waals surface area contributed by atoms with Gasteiger partial charge in [-0.15, -0.1) is 11.3 Å². The van der Waals surface area contributed by atoms with Crippen molar-refractivity contribution in [3.8, 4) is 16.3 Å². The summed E-state index contributed by atoms with van der Waals surface area (Å²) >= 11 is 1.60. The van der Waals surface area contributed by atoms with Crippen LogP contribution < -0.4 is 9.46 Å². The molecular weight excluding hydrogens is 574 g/mol. The van der Waals surface area contributed by atoms with Gasteiger partial charge in [0.2, 0.25) is 0 Å². The highest BCUT2D eigenvalue weighted by atomic mass is 32.2. The van der Waals surface area contributed by atoms with Gasteiger partial charge < -0.3 is 14.2 Å². The molecule has 2 aromatic heterocycles. The molecule has 11 heteroatoms. The third kappa shape index (κ3) is 5.63. The fraction of sp³-hybridized carbons (Fsp3) is 0.419. The van der Waals surface area contributed by atoms with E-state index in [1.807, 2.05) is 45.0 Å². The summed E-state index contributed by atoms with van der Waals surface area (Å²) in [6.07, 6.45) is 1.66. The van der Waals surface area contributed by atoms with E-state index in [1.165, 1.54) is 4.31 Å². The van der Waals surface area contributed by atoms with Gasteiger partial charge in [-0.25, -0.2) is 9.71 Å². The van der Waals surface area contributed by atoms with Gasteiger partial charge in [0.1, 0.15) is 5.75 Å². The molecule has 2 fully saturated rings. The maximum absolute atomic E-state index is 14.0. The van der Waals surface area contributed by atoms with Crippen LogP contribution in [-0.4, -0.2) is 69.2 Å². The van der Waals surface area contributed by atoms with E-state index in [0.717, 1.165) is 38.9 Å². The first-order valence-corrected chi connectivity index (χ1v) is 16.6. The van der Waals surface area contributed by atoms with Crippen LogP contribution in [0.25, 0.3) is 31.6 Å². The number of thiophene rings is 1. The fourth-order valence-corrected chi connectivity index (χ4v) is 8.03. The summed E-state index contributed by atoms with van der Waals surface area (Å²) in [7, 11) is -4.09. The molecule has 1 atom stereocenters. The van der Waals surface area contributed by atoms with Crippen LogP contribution in [0.5, 0.6) is 5.75 Å². The number of carbonyl (C=O) groups excluding carboxylic acids is 1. The number of aryl methyl sites for hydroxylation is 2. The Morgan fingerprint density at radius 1 is 1.07 bits per heavy atom. The summed E-state index contributed by atoms with van der Waals surface area (Å²) in [5.74, 6) is 0.0983. The van der Waals surface area contributed by atoms with Gasteiger partial charge in [0, 0.05) is 31.0 Å². The number of ether oxygens (including phenoxy) is 3. The first-order chi connectivity index (χ1) is 20.2. The minimum absolute atomic E-state index is 0.127. The van der Waals surface area contributed by atoms with Crippen LogP contribution in [0.2, 0.25) is 0 Å². The van der Waals surface area contributed by atoms with Gasteiger partial charge in [-0.1, -0.05) is 24.3 Å². The smallest absolute Gasteiger partial charge is 0.304 e. The van der Waals surface area contributed by atoms with E-state index in [-0.39, 0.29) is 38.0 Å². The van der Waals surface area contributed by atoms with E-state index < -0.39 is 16.1 Å². The van der Waals surface area contributed by atoms with E-state index in [0.29, 0.717) is 41.5 Å². The van der Waals surface area contributed by atoms with Crippen LogP contribution in [0.1, 0.15) is 41.3 Å². The zero-order chi connectivity index (χ0) is 29.4. The molecule has 0 spiro atoms. The van der Waals surface area contributed by atoms with Crippen molar-refractivity contribution in [2.45, 2.75) is 39.7 Å². The lowest BCUT2D eigenvalue weighted by Crippen LogP contribution is -2.48. The monoisotopic (exact) mass is 609 g/mol. The summed E-state index contributed by atoms with van der Waals surface area (Å²) < 4.78 is 48.6. The Labute approximate surface area is 250 Å². The van der Waals surface area contributed by atoms with Gasteiger partial charge in [-0.05, 0) is 74.2 Å². The molecule has 2 aliphatic rings. The van der Waals surface area contributed by atoms with Crippen LogP contribution in [0.3, 0.4) is 0 Å². The molecule has 2 aromatic carbocycles. The van der Waals surface area contributed by atoms with Gasteiger partial charge in [0.15, 0.2) is 0 Å². The molecule has 42 heavy (non-hydrogen) atoms. The van der Waals surface area contributed by atoms with Crippen molar-refractivity contribution in [1.29, 1.82) is 0 Å². The molecule has 2 aliphatic heterocycles. The first-order valence-electron chi connectivity index (χ1n) is 14.3. The lowest BCUT2D eigenvalue weighted by molar-refractivity contribution is 0.0243. The Hall–Kier alpha value is -3.09. The van der Waals surface area contributed by atoms with Crippen LogP contribution in [0.4, 0.5) is 0 Å². The van der Waals surface area contributed by atoms with Crippen LogP contribution in [-0.2, 0) is 19.7 Å². The first kappa shape index (κ1) is 29.0. The fourth-order valence-electron chi connectivity index (χ4n) is 5.76. The minimum Gasteiger partial charge on any atom is -0.490 e. The van der Waals surface area contributed by atoms with Crippen LogP contribution in [0, 0.1) is 19.8 Å². The van der Waals surface area contributed by atoms with E-state index in [4.69, 9.17) is 19.2 Å². The molecular formula is C31H35N3O6S2. The number of hydrogen-bond donors (Lipinski definition) is 1. The third-order valence-corrected chi connectivity index (χ3v) is 11.0. The van der Waals surface area contributed by atoms with Crippen molar-refractivity contribution < 1.29 is 27.4 Å². The summed E-state index contributed by atoms with van der Waals surface area (Å²) in [5.41, 5.74) is 3.36. The highest BCUT2D eigenvalue weighted by Crippen LogP contribution is 2.41. The van der Waals surface area contributed by atoms with Gasteiger partial charge in [-0.3, -0.25) is 4.79 Å². The molecule has 4 aromatic rings. The average molecular weight is 610 g/mol. The average Bonchev–Trinajstić information content (AvgIpc) is 3.35. The number of amides is 1. The Bertz CT molecular complexity index is 1740. The molecule has 0 radical (unpaired) electrons. The molecule has 0 saturated carbocycles. The Balaban J connectivity index is 1.48. The van der Waals surface area contributed by atoms with Crippen molar-refractivity contribution in [2.75, 3.05) is 39.5 Å². The summed E-state index contributed by atoms with van der Waals surface area (Å²) in [5, 5.41) is 1.63. The van der Waals surface area contributed by atoms with Crippen molar-refractivity contribution >= 4 is 48.4 Å². The molecule has 0 bridgehead atoms. The number of nitrogens with zero attached hydrogens (tertiary/aromatic N) is 2. The predicted octanol–water partition coefficient (Wildman–Crippen LogP) is 5.23. The topological polar surface area (TPSA) is 107 Å². The summed E-state index contributed by atoms with van der Waals surface area (Å²) in [6.45, 7) is 8.34. The van der Waals surface area contributed by atoms with Crippen LogP contribution in [0.15, 0.2) is 42.5 Å². The van der Waals surface area contributed by atoms with E-state index in [1.54, 1.807) is 17.4 Å². The quantitative estimate of drug-likeness (QED) is 0.306. The minimum atomic E-state index is -4.09. The Morgan fingerprint density at radius 3 is 2.52 bits per heavy atom. The highest BCUT2D eigenvalue weighted by molar-refractivity contribution is 7.87. The Morgan fingerprint density at radius 2 is 1.79 bits per heavy atom. The van der Waals surface area contributed by atoms with E-state index in [2.05, 4.69) is 16.9 Å². The summed E-state index contributed by atoms with van der Waals surface area (Å²) in [4.78, 5) is 20.0. The molecule has 0 aliphatic carbocycles. The third-order valence-electron chi connectivity index (χ3n) is 8.22. The highest BCUT2D eigenvalue weighted by Gasteiger charge is 2.30. The number of pyridine rings is 1. The zero-order valence-electron chi connectivity index (χ0n) is 24.0. The molecule has 6 rings (SSSR count). The molecule has 222 valence electrons.